The fourth-order valence-electron chi connectivity index (χ4n) is 5.90. The standard InChI is InChI=1S/C40H43NO8S/c42-25-27-17-19-29(20-18-27)35-23-33(26-50-36-14-6-5-13-34(36)39(46)47)48-40(49-35)32-12-8-11-31(22-32)30-10-7-9-28(21-30)24-41-37(43)15-3-1-2-4-16-38(44)45/h5-14,17-22,33,35,40,42H,1-4,15-16,23-26H2,(H,41,43)(H,44,45)(H,46,47)/t33-,35+,40+/m1/s1. The van der Waals surface area contributed by atoms with Crippen LogP contribution < -0.4 is 5.32 Å². The van der Waals surface area contributed by atoms with Crippen molar-refractivity contribution in [1.29, 1.82) is 0 Å². The van der Waals surface area contributed by atoms with Gasteiger partial charge in [0.25, 0.3) is 0 Å². The molecule has 1 aliphatic heterocycles. The maximum Gasteiger partial charge on any atom is 0.336 e. The molecule has 0 saturated carbocycles. The molecule has 1 amide bonds. The maximum absolute atomic E-state index is 12.4. The molecular weight excluding hydrogens is 655 g/mol. The summed E-state index contributed by atoms with van der Waals surface area (Å²) in [5.74, 6) is -1.25. The van der Waals surface area contributed by atoms with Gasteiger partial charge in [-0.25, -0.2) is 4.79 Å². The minimum Gasteiger partial charge on any atom is -0.481 e. The lowest BCUT2D eigenvalue weighted by Crippen LogP contribution is -2.31. The van der Waals surface area contributed by atoms with Crippen LogP contribution in [0.1, 0.15) is 90.0 Å². The molecule has 10 heteroatoms. The number of nitrogens with one attached hydrogen (secondary N) is 1. The molecule has 0 spiro atoms. The minimum absolute atomic E-state index is 0.0260. The number of aliphatic hydroxyl groups is 1. The second-order valence-electron chi connectivity index (χ2n) is 12.4. The number of unbranched alkanes of at least 4 members (excludes halogenated alkanes) is 3. The van der Waals surface area contributed by atoms with Gasteiger partial charge < -0.3 is 30.1 Å². The lowest BCUT2D eigenvalue weighted by atomic mass is 9.99. The fourth-order valence-corrected chi connectivity index (χ4v) is 6.97. The lowest BCUT2D eigenvalue weighted by Gasteiger charge is -2.36. The summed E-state index contributed by atoms with van der Waals surface area (Å²) in [5, 5.41) is 31.0. The van der Waals surface area contributed by atoms with E-state index in [1.807, 2.05) is 78.9 Å². The zero-order valence-electron chi connectivity index (χ0n) is 27.8. The summed E-state index contributed by atoms with van der Waals surface area (Å²) in [7, 11) is 0. The Labute approximate surface area is 296 Å². The van der Waals surface area contributed by atoms with Gasteiger partial charge >= 0.3 is 11.9 Å². The number of carbonyl (C=O) groups is 3. The first-order chi connectivity index (χ1) is 24.3. The summed E-state index contributed by atoms with van der Waals surface area (Å²) in [4.78, 5) is 35.6. The molecule has 4 aromatic rings. The molecule has 1 saturated heterocycles. The highest BCUT2D eigenvalue weighted by atomic mass is 32.2. The van der Waals surface area contributed by atoms with E-state index < -0.39 is 18.2 Å². The number of thioether (sulfide) groups is 1. The highest BCUT2D eigenvalue weighted by Gasteiger charge is 2.32. The molecule has 4 aromatic carbocycles. The molecule has 0 unspecified atom stereocenters. The summed E-state index contributed by atoms with van der Waals surface area (Å²) in [6.07, 6.45) is 2.97. The van der Waals surface area contributed by atoms with Crippen molar-refractivity contribution in [2.45, 2.75) is 81.5 Å². The van der Waals surface area contributed by atoms with Crippen molar-refractivity contribution >= 4 is 29.6 Å². The summed E-state index contributed by atoms with van der Waals surface area (Å²) in [5.41, 5.74) is 5.83. The normalized spacial score (nSPS) is 17.3. The molecule has 262 valence electrons. The largest absolute Gasteiger partial charge is 0.481 e. The predicted octanol–water partition coefficient (Wildman–Crippen LogP) is 7.92. The van der Waals surface area contributed by atoms with Gasteiger partial charge in [0.2, 0.25) is 5.91 Å². The molecular formula is C40H43NO8S. The number of aliphatic hydroxyl groups excluding tert-OH is 1. The number of ether oxygens (including phenoxy) is 2. The summed E-state index contributed by atoms with van der Waals surface area (Å²) < 4.78 is 13.1. The third-order valence-corrected chi connectivity index (χ3v) is 9.82. The molecule has 1 heterocycles. The van der Waals surface area contributed by atoms with E-state index in [4.69, 9.17) is 14.6 Å². The molecule has 0 aliphatic carbocycles. The van der Waals surface area contributed by atoms with Gasteiger partial charge in [0.1, 0.15) is 0 Å². The van der Waals surface area contributed by atoms with Crippen LogP contribution in [0.3, 0.4) is 0 Å². The zero-order chi connectivity index (χ0) is 35.3. The fraction of sp³-hybridized carbons (Fsp3) is 0.325. The molecule has 1 fully saturated rings. The lowest BCUT2D eigenvalue weighted by molar-refractivity contribution is -0.245. The van der Waals surface area contributed by atoms with Gasteiger partial charge in [-0.1, -0.05) is 85.6 Å². The Morgan fingerprint density at radius 1 is 0.740 bits per heavy atom. The van der Waals surface area contributed by atoms with Crippen LogP contribution in [0.2, 0.25) is 0 Å². The van der Waals surface area contributed by atoms with Gasteiger partial charge in [-0.05, 0) is 64.9 Å². The quantitative estimate of drug-likeness (QED) is 0.0639. The molecule has 50 heavy (non-hydrogen) atoms. The summed E-state index contributed by atoms with van der Waals surface area (Å²) in [6.45, 7) is 0.360. The smallest absolute Gasteiger partial charge is 0.336 e. The second-order valence-corrected chi connectivity index (χ2v) is 13.4. The third kappa shape index (κ3) is 10.8. The van der Waals surface area contributed by atoms with Crippen LogP contribution in [0.15, 0.2) is 102 Å². The van der Waals surface area contributed by atoms with Crippen molar-refractivity contribution in [3.63, 3.8) is 0 Å². The van der Waals surface area contributed by atoms with Crippen LogP contribution in [-0.2, 0) is 32.2 Å². The van der Waals surface area contributed by atoms with Crippen LogP contribution in [0.4, 0.5) is 0 Å². The monoisotopic (exact) mass is 697 g/mol. The number of hydrogen-bond acceptors (Lipinski definition) is 7. The molecule has 0 bridgehead atoms. The number of aliphatic carboxylic acids is 1. The van der Waals surface area contributed by atoms with E-state index in [-0.39, 0.29) is 36.7 Å². The number of carboxylic acids is 2. The number of rotatable bonds is 17. The molecule has 3 atom stereocenters. The van der Waals surface area contributed by atoms with E-state index in [9.17, 15) is 24.6 Å². The Morgan fingerprint density at radius 3 is 2.20 bits per heavy atom. The zero-order valence-corrected chi connectivity index (χ0v) is 28.6. The average Bonchev–Trinajstić information content (AvgIpc) is 3.14. The second kappa shape index (κ2) is 18.5. The molecule has 4 N–H and O–H groups in total. The van der Waals surface area contributed by atoms with E-state index in [0.29, 0.717) is 36.5 Å². The SMILES string of the molecule is O=C(O)CCCCCCC(=O)NCc1cccc(-c2cccc([C@H]3O[C@@H](CSc4ccccc4C(=O)O)C[C@@H](c4ccc(CO)cc4)O3)c2)c1. The van der Waals surface area contributed by atoms with Gasteiger partial charge in [-0.15, -0.1) is 11.8 Å². The van der Waals surface area contributed by atoms with Crippen molar-refractivity contribution in [3.8, 4) is 11.1 Å². The Kier molecular flexibility index (Phi) is 13.6. The van der Waals surface area contributed by atoms with E-state index in [2.05, 4.69) is 11.4 Å². The first-order valence-corrected chi connectivity index (χ1v) is 17.9. The van der Waals surface area contributed by atoms with E-state index in [1.165, 1.54) is 11.8 Å². The van der Waals surface area contributed by atoms with Crippen molar-refractivity contribution in [2.75, 3.05) is 5.75 Å². The molecule has 0 aromatic heterocycles. The molecule has 9 nitrogen and oxygen atoms in total. The number of aromatic carboxylic acids is 1. The van der Waals surface area contributed by atoms with Crippen molar-refractivity contribution < 1.29 is 39.2 Å². The molecule has 0 radical (unpaired) electrons. The first kappa shape index (κ1) is 36.8. The van der Waals surface area contributed by atoms with Gasteiger partial charge in [-0.3, -0.25) is 9.59 Å². The number of hydrogen-bond donors (Lipinski definition) is 4. The van der Waals surface area contributed by atoms with E-state index in [0.717, 1.165) is 52.6 Å². The van der Waals surface area contributed by atoms with Gasteiger partial charge in [0.15, 0.2) is 6.29 Å². The van der Waals surface area contributed by atoms with Crippen molar-refractivity contribution in [1.82, 2.24) is 5.32 Å². The van der Waals surface area contributed by atoms with Gasteiger partial charge in [0, 0.05) is 42.0 Å². The van der Waals surface area contributed by atoms with Crippen LogP contribution >= 0.6 is 11.8 Å². The maximum atomic E-state index is 12.4. The Morgan fingerprint density at radius 2 is 1.46 bits per heavy atom. The van der Waals surface area contributed by atoms with Crippen LogP contribution in [-0.4, -0.2) is 45.0 Å². The van der Waals surface area contributed by atoms with Crippen LogP contribution in [0.25, 0.3) is 11.1 Å². The predicted molar refractivity (Wildman–Crippen MR) is 192 cm³/mol. The average molecular weight is 698 g/mol. The van der Waals surface area contributed by atoms with Crippen molar-refractivity contribution in [3.05, 3.63) is 125 Å². The highest BCUT2D eigenvalue weighted by molar-refractivity contribution is 7.99. The Hall–Kier alpha value is -4.48. The number of benzene rings is 4. The Bertz CT molecular complexity index is 1740. The Balaban J connectivity index is 1.26. The van der Waals surface area contributed by atoms with E-state index >= 15 is 0 Å². The summed E-state index contributed by atoms with van der Waals surface area (Å²) >= 11 is 1.45. The molecule has 1 aliphatic rings. The van der Waals surface area contributed by atoms with Crippen LogP contribution in [0, 0.1) is 0 Å². The number of carbonyl (C=O) groups excluding carboxylic acids is 1. The topological polar surface area (TPSA) is 142 Å². The van der Waals surface area contributed by atoms with E-state index in [1.54, 1.807) is 12.1 Å². The minimum atomic E-state index is -0.967. The number of carboxylic acid groups (broad SMARTS) is 2. The highest BCUT2D eigenvalue weighted by Crippen LogP contribution is 2.40. The molecule has 5 rings (SSSR count). The van der Waals surface area contributed by atoms with Gasteiger partial charge in [-0.2, -0.15) is 0 Å². The van der Waals surface area contributed by atoms with Crippen LogP contribution in [0.5, 0.6) is 0 Å². The third-order valence-electron chi connectivity index (χ3n) is 8.61. The number of amides is 1. The summed E-state index contributed by atoms with van der Waals surface area (Å²) in [6, 6.07) is 30.7. The van der Waals surface area contributed by atoms with Crippen molar-refractivity contribution in [2.24, 2.45) is 0 Å². The first-order valence-electron chi connectivity index (χ1n) is 16.9. The van der Waals surface area contributed by atoms with Gasteiger partial charge in [0.05, 0.1) is 24.4 Å².